The van der Waals surface area contributed by atoms with Crippen LogP contribution < -0.4 is 10.2 Å². The average molecular weight is 300 g/mol. The molecule has 6 nitrogen and oxygen atoms in total. The van der Waals surface area contributed by atoms with Gasteiger partial charge in [-0.2, -0.15) is 5.26 Å². The molecule has 1 aliphatic carbocycles. The Balaban J connectivity index is 1.52. The number of aliphatic hydroxyl groups is 1. The van der Waals surface area contributed by atoms with E-state index in [1.807, 2.05) is 6.07 Å². The third-order valence-electron chi connectivity index (χ3n) is 4.38. The van der Waals surface area contributed by atoms with Gasteiger partial charge in [-0.3, -0.25) is 4.79 Å². The second-order valence-corrected chi connectivity index (χ2v) is 6.07. The van der Waals surface area contributed by atoms with Crippen LogP contribution >= 0.6 is 0 Å². The van der Waals surface area contributed by atoms with E-state index in [4.69, 9.17) is 5.26 Å². The fourth-order valence-electron chi connectivity index (χ4n) is 2.81. The Morgan fingerprint density at radius 2 is 2.09 bits per heavy atom. The van der Waals surface area contributed by atoms with E-state index in [-0.39, 0.29) is 17.9 Å². The molecule has 0 unspecified atom stereocenters. The molecule has 1 aliphatic heterocycles. The minimum Gasteiger partial charge on any atom is -0.383 e. The summed E-state index contributed by atoms with van der Waals surface area (Å²) in [6.07, 6.45) is 4.25. The van der Waals surface area contributed by atoms with Crippen LogP contribution in [0, 0.1) is 17.2 Å². The minimum absolute atomic E-state index is 0.00776. The number of aromatic nitrogens is 1. The summed E-state index contributed by atoms with van der Waals surface area (Å²) in [6, 6.07) is 5.93. The van der Waals surface area contributed by atoms with Gasteiger partial charge >= 0.3 is 0 Å². The number of piperidine rings is 1. The summed E-state index contributed by atoms with van der Waals surface area (Å²) in [5.41, 5.74) is 0.547. The van der Waals surface area contributed by atoms with Gasteiger partial charge < -0.3 is 15.3 Å². The van der Waals surface area contributed by atoms with Gasteiger partial charge in [0.05, 0.1) is 5.56 Å². The van der Waals surface area contributed by atoms with Crippen molar-refractivity contribution in [1.29, 1.82) is 5.26 Å². The Hall–Kier alpha value is -2.13. The lowest BCUT2D eigenvalue weighted by Crippen LogP contribution is -2.45. The molecule has 116 valence electrons. The number of amides is 1. The number of anilines is 1. The molecule has 2 N–H and O–H groups in total. The predicted octanol–water partition coefficient (Wildman–Crippen LogP) is 0.809. The molecule has 0 radical (unpaired) electrons. The first kappa shape index (κ1) is 14.8. The van der Waals surface area contributed by atoms with Crippen LogP contribution in [0.1, 0.15) is 31.2 Å². The van der Waals surface area contributed by atoms with Gasteiger partial charge in [0.1, 0.15) is 18.0 Å². The zero-order chi connectivity index (χ0) is 15.5. The van der Waals surface area contributed by atoms with E-state index >= 15 is 0 Å². The minimum atomic E-state index is -0.906. The van der Waals surface area contributed by atoms with Gasteiger partial charge in [0.25, 0.3) is 0 Å². The first-order valence-corrected chi connectivity index (χ1v) is 7.77. The fraction of sp³-hybridized carbons (Fsp3) is 0.562. The van der Waals surface area contributed by atoms with Gasteiger partial charge in [-0.1, -0.05) is 0 Å². The van der Waals surface area contributed by atoms with Crippen LogP contribution in [-0.4, -0.2) is 41.2 Å². The average Bonchev–Trinajstić information content (AvgIpc) is 3.38. The van der Waals surface area contributed by atoms with Crippen LogP contribution in [0.3, 0.4) is 0 Å². The summed E-state index contributed by atoms with van der Waals surface area (Å²) in [5.74, 6) is 0.625. The van der Waals surface area contributed by atoms with Crippen molar-refractivity contribution in [3.63, 3.8) is 0 Å². The molecule has 1 saturated heterocycles. The van der Waals surface area contributed by atoms with E-state index in [1.54, 1.807) is 12.3 Å². The molecule has 1 atom stereocenters. The quantitative estimate of drug-likeness (QED) is 0.859. The van der Waals surface area contributed by atoms with Crippen molar-refractivity contribution in [2.75, 3.05) is 18.0 Å². The van der Waals surface area contributed by atoms with Gasteiger partial charge in [0, 0.05) is 25.3 Å². The smallest absolute Gasteiger partial charge is 0.249 e. The van der Waals surface area contributed by atoms with Crippen molar-refractivity contribution in [2.24, 2.45) is 5.92 Å². The van der Waals surface area contributed by atoms with E-state index in [2.05, 4.69) is 21.3 Å². The highest BCUT2D eigenvalue weighted by molar-refractivity contribution is 5.81. The van der Waals surface area contributed by atoms with E-state index in [0.29, 0.717) is 5.56 Å². The number of carbonyl (C=O) groups is 1. The number of pyridine rings is 1. The van der Waals surface area contributed by atoms with Crippen molar-refractivity contribution >= 4 is 11.7 Å². The third kappa shape index (κ3) is 3.37. The number of nitriles is 1. The zero-order valence-corrected chi connectivity index (χ0v) is 12.4. The lowest BCUT2D eigenvalue weighted by Gasteiger charge is -2.34. The largest absolute Gasteiger partial charge is 0.383 e. The maximum atomic E-state index is 11.9. The molecule has 2 aliphatic rings. The molecule has 2 heterocycles. The van der Waals surface area contributed by atoms with Crippen LogP contribution in [0.2, 0.25) is 0 Å². The molecule has 22 heavy (non-hydrogen) atoms. The maximum absolute atomic E-state index is 11.9. The molecule has 1 saturated carbocycles. The molecule has 2 fully saturated rings. The highest BCUT2D eigenvalue weighted by atomic mass is 16.3. The summed E-state index contributed by atoms with van der Waals surface area (Å²) in [6.45, 7) is 1.52. The van der Waals surface area contributed by atoms with Crippen molar-refractivity contribution in [2.45, 2.75) is 37.8 Å². The highest BCUT2D eigenvalue weighted by Gasteiger charge is 2.33. The van der Waals surface area contributed by atoms with Gasteiger partial charge in [0.2, 0.25) is 5.91 Å². The molecular weight excluding hydrogens is 280 g/mol. The van der Waals surface area contributed by atoms with E-state index in [0.717, 1.165) is 44.6 Å². The first-order valence-electron chi connectivity index (χ1n) is 7.77. The summed E-state index contributed by atoms with van der Waals surface area (Å²) in [5, 5.41) is 21.8. The molecule has 3 rings (SSSR count). The number of nitrogens with zero attached hydrogens (tertiary/aromatic N) is 3. The Kier molecular flexibility index (Phi) is 4.25. The Morgan fingerprint density at radius 3 is 2.64 bits per heavy atom. The lowest BCUT2D eigenvalue weighted by molar-refractivity contribution is -0.132. The van der Waals surface area contributed by atoms with Crippen LogP contribution in [0.25, 0.3) is 0 Å². The monoisotopic (exact) mass is 300 g/mol. The Labute approximate surface area is 129 Å². The van der Waals surface area contributed by atoms with Crippen LogP contribution in [0.15, 0.2) is 18.3 Å². The van der Waals surface area contributed by atoms with Crippen molar-refractivity contribution in [3.8, 4) is 6.07 Å². The Morgan fingerprint density at radius 1 is 1.36 bits per heavy atom. The SMILES string of the molecule is N#Cc1ccc(N2CCC([C@H](O)C(=O)NC3CC3)CC2)nc1. The maximum Gasteiger partial charge on any atom is 0.249 e. The molecular formula is C16H20N4O2. The van der Waals surface area contributed by atoms with Crippen molar-refractivity contribution < 1.29 is 9.90 Å². The van der Waals surface area contributed by atoms with Gasteiger partial charge in [0.15, 0.2) is 0 Å². The molecule has 1 amide bonds. The number of nitrogens with one attached hydrogen (secondary N) is 1. The van der Waals surface area contributed by atoms with E-state index in [9.17, 15) is 9.90 Å². The number of hydrogen-bond acceptors (Lipinski definition) is 5. The van der Waals surface area contributed by atoms with E-state index < -0.39 is 6.10 Å². The van der Waals surface area contributed by atoms with Crippen LogP contribution in [0.5, 0.6) is 0 Å². The molecule has 1 aromatic rings. The predicted molar refractivity (Wildman–Crippen MR) is 81.1 cm³/mol. The zero-order valence-electron chi connectivity index (χ0n) is 12.4. The number of hydrogen-bond donors (Lipinski definition) is 2. The normalized spacial score (nSPS) is 20.3. The summed E-state index contributed by atoms with van der Waals surface area (Å²) < 4.78 is 0. The van der Waals surface area contributed by atoms with Gasteiger partial charge in [-0.25, -0.2) is 4.98 Å². The second-order valence-electron chi connectivity index (χ2n) is 6.07. The molecule has 0 spiro atoms. The number of rotatable bonds is 4. The number of aliphatic hydroxyl groups excluding tert-OH is 1. The van der Waals surface area contributed by atoms with Crippen LogP contribution in [0.4, 0.5) is 5.82 Å². The Bertz CT molecular complexity index is 569. The summed E-state index contributed by atoms with van der Waals surface area (Å²) in [4.78, 5) is 18.3. The summed E-state index contributed by atoms with van der Waals surface area (Å²) in [7, 11) is 0. The molecule has 6 heteroatoms. The number of carbonyl (C=O) groups excluding carboxylic acids is 1. The highest BCUT2D eigenvalue weighted by Crippen LogP contribution is 2.25. The molecule has 1 aromatic heterocycles. The third-order valence-corrected chi connectivity index (χ3v) is 4.38. The van der Waals surface area contributed by atoms with Crippen molar-refractivity contribution in [1.82, 2.24) is 10.3 Å². The molecule has 0 bridgehead atoms. The van der Waals surface area contributed by atoms with Crippen molar-refractivity contribution in [3.05, 3.63) is 23.9 Å². The summed E-state index contributed by atoms with van der Waals surface area (Å²) >= 11 is 0. The second kappa shape index (κ2) is 6.32. The van der Waals surface area contributed by atoms with Gasteiger partial charge in [-0.15, -0.1) is 0 Å². The topological polar surface area (TPSA) is 89.3 Å². The molecule has 0 aromatic carbocycles. The lowest BCUT2D eigenvalue weighted by atomic mass is 9.90. The van der Waals surface area contributed by atoms with E-state index in [1.165, 1.54) is 0 Å². The van der Waals surface area contributed by atoms with Crippen LogP contribution in [-0.2, 0) is 4.79 Å². The standard InChI is InChI=1S/C16H20N4O2/c17-9-11-1-4-14(18-10-11)20-7-5-12(6-8-20)15(21)16(22)19-13-2-3-13/h1,4,10,12-13,15,21H,2-3,5-8H2,(H,19,22)/t15-/m0/s1. The first-order chi connectivity index (χ1) is 10.7. The van der Waals surface area contributed by atoms with Gasteiger partial charge in [-0.05, 0) is 43.7 Å². The fourth-order valence-corrected chi connectivity index (χ4v) is 2.81.